The minimum absolute atomic E-state index is 0.0324. The lowest BCUT2D eigenvalue weighted by Crippen LogP contribution is -2.33. The van der Waals surface area contributed by atoms with E-state index in [9.17, 15) is 10.0 Å². The van der Waals surface area contributed by atoms with Crippen LogP contribution in [0.4, 0.5) is 0 Å². The number of hydrogen-bond acceptors (Lipinski definition) is 4. The zero-order chi connectivity index (χ0) is 15.3. The van der Waals surface area contributed by atoms with Crippen LogP contribution in [0.3, 0.4) is 0 Å². The SMILES string of the molecule is CCOCOc1ccc(B(O)O)cc1C1(C)CCCCC1. The molecule has 1 fully saturated rings. The Morgan fingerprint density at radius 2 is 1.90 bits per heavy atom. The maximum absolute atomic E-state index is 9.43. The average molecular weight is 292 g/mol. The van der Waals surface area contributed by atoms with E-state index in [2.05, 4.69) is 6.92 Å². The molecule has 4 nitrogen and oxygen atoms in total. The van der Waals surface area contributed by atoms with Gasteiger partial charge < -0.3 is 19.5 Å². The van der Waals surface area contributed by atoms with Crippen LogP contribution in [0.15, 0.2) is 18.2 Å². The van der Waals surface area contributed by atoms with Gasteiger partial charge in [-0.2, -0.15) is 0 Å². The van der Waals surface area contributed by atoms with Gasteiger partial charge in [-0.25, -0.2) is 0 Å². The van der Waals surface area contributed by atoms with Crippen LogP contribution < -0.4 is 10.2 Å². The number of hydrogen-bond donors (Lipinski definition) is 2. The van der Waals surface area contributed by atoms with Crippen LogP contribution in [0.1, 0.15) is 51.5 Å². The normalized spacial score (nSPS) is 17.5. The molecule has 1 aromatic carbocycles. The van der Waals surface area contributed by atoms with Gasteiger partial charge in [-0.1, -0.05) is 38.3 Å². The zero-order valence-corrected chi connectivity index (χ0v) is 13.0. The minimum Gasteiger partial charge on any atom is -0.467 e. The van der Waals surface area contributed by atoms with Crippen molar-refractivity contribution >= 4 is 12.6 Å². The highest BCUT2D eigenvalue weighted by molar-refractivity contribution is 6.58. The van der Waals surface area contributed by atoms with E-state index in [4.69, 9.17) is 9.47 Å². The molecule has 1 aromatic rings. The highest BCUT2D eigenvalue weighted by Crippen LogP contribution is 2.42. The van der Waals surface area contributed by atoms with Crippen molar-refractivity contribution in [3.63, 3.8) is 0 Å². The van der Waals surface area contributed by atoms with Gasteiger partial charge in [-0.05, 0) is 42.3 Å². The molecule has 5 heteroatoms. The monoisotopic (exact) mass is 292 g/mol. The third-order valence-electron chi connectivity index (χ3n) is 4.41. The molecule has 1 saturated carbocycles. The summed E-state index contributed by atoms with van der Waals surface area (Å²) in [6.45, 7) is 5.00. The minimum atomic E-state index is -1.45. The zero-order valence-electron chi connectivity index (χ0n) is 13.0. The number of ether oxygens (including phenoxy) is 2. The molecule has 0 aromatic heterocycles. The number of rotatable bonds is 6. The summed E-state index contributed by atoms with van der Waals surface area (Å²) >= 11 is 0. The predicted molar refractivity (Wildman–Crippen MR) is 83.8 cm³/mol. The van der Waals surface area contributed by atoms with Crippen LogP contribution in [0, 0.1) is 0 Å². The highest BCUT2D eigenvalue weighted by atomic mass is 16.7. The smallest absolute Gasteiger partial charge is 0.467 e. The van der Waals surface area contributed by atoms with E-state index < -0.39 is 7.12 Å². The lowest BCUT2D eigenvalue weighted by atomic mass is 9.68. The highest BCUT2D eigenvalue weighted by Gasteiger charge is 2.32. The van der Waals surface area contributed by atoms with Crippen LogP contribution in [0.5, 0.6) is 5.75 Å². The summed E-state index contributed by atoms with van der Waals surface area (Å²) in [5.74, 6) is 0.789. The maximum Gasteiger partial charge on any atom is 0.488 e. The molecule has 0 unspecified atom stereocenters. The molecule has 0 heterocycles. The fourth-order valence-corrected chi connectivity index (χ4v) is 3.10. The first-order chi connectivity index (χ1) is 10.1. The Hall–Kier alpha value is -1.04. The fourth-order valence-electron chi connectivity index (χ4n) is 3.10. The maximum atomic E-state index is 9.43. The summed E-state index contributed by atoms with van der Waals surface area (Å²) in [5.41, 5.74) is 1.61. The summed E-state index contributed by atoms with van der Waals surface area (Å²) in [4.78, 5) is 0. The van der Waals surface area contributed by atoms with E-state index in [1.807, 2.05) is 19.1 Å². The van der Waals surface area contributed by atoms with Crippen molar-refractivity contribution < 1.29 is 19.5 Å². The second kappa shape index (κ2) is 7.30. The van der Waals surface area contributed by atoms with Crippen molar-refractivity contribution in [1.82, 2.24) is 0 Å². The van der Waals surface area contributed by atoms with Crippen molar-refractivity contribution in [2.75, 3.05) is 13.4 Å². The first kappa shape index (κ1) is 16.3. The quantitative estimate of drug-likeness (QED) is 0.478. The van der Waals surface area contributed by atoms with Gasteiger partial charge in [0.1, 0.15) is 5.75 Å². The Kier molecular flexibility index (Phi) is 5.68. The van der Waals surface area contributed by atoms with Gasteiger partial charge in [-0.3, -0.25) is 0 Å². The fraction of sp³-hybridized carbons (Fsp3) is 0.625. The second-order valence-electron chi connectivity index (χ2n) is 6.01. The Morgan fingerprint density at radius 1 is 1.19 bits per heavy atom. The predicted octanol–water partition coefficient (Wildman–Crippen LogP) is 1.96. The first-order valence-corrected chi connectivity index (χ1v) is 7.78. The number of benzene rings is 1. The molecule has 1 aliphatic rings. The molecule has 0 aliphatic heterocycles. The van der Waals surface area contributed by atoms with Crippen molar-refractivity contribution in [2.24, 2.45) is 0 Å². The van der Waals surface area contributed by atoms with E-state index in [1.165, 1.54) is 19.3 Å². The van der Waals surface area contributed by atoms with Crippen molar-refractivity contribution in [3.05, 3.63) is 23.8 Å². The van der Waals surface area contributed by atoms with Gasteiger partial charge in [0.15, 0.2) is 6.79 Å². The topological polar surface area (TPSA) is 58.9 Å². The summed E-state index contributed by atoms with van der Waals surface area (Å²) in [6, 6.07) is 5.39. The summed E-state index contributed by atoms with van der Waals surface area (Å²) < 4.78 is 11.0. The van der Waals surface area contributed by atoms with E-state index in [0.29, 0.717) is 12.1 Å². The molecule has 1 aliphatic carbocycles. The van der Waals surface area contributed by atoms with Crippen LogP contribution in [-0.2, 0) is 10.2 Å². The summed E-state index contributed by atoms with van der Waals surface area (Å²) in [6.07, 6.45) is 5.87. The summed E-state index contributed by atoms with van der Waals surface area (Å²) in [7, 11) is -1.45. The van der Waals surface area contributed by atoms with Crippen LogP contribution in [-0.4, -0.2) is 30.6 Å². The van der Waals surface area contributed by atoms with Crippen molar-refractivity contribution in [3.8, 4) is 5.75 Å². The molecule has 21 heavy (non-hydrogen) atoms. The van der Waals surface area contributed by atoms with E-state index in [0.717, 1.165) is 24.2 Å². The van der Waals surface area contributed by atoms with E-state index in [-0.39, 0.29) is 12.2 Å². The Labute approximate surface area is 127 Å². The molecule has 0 bridgehead atoms. The molecule has 0 spiro atoms. The second-order valence-corrected chi connectivity index (χ2v) is 6.01. The molecule has 2 N–H and O–H groups in total. The third-order valence-corrected chi connectivity index (χ3v) is 4.41. The van der Waals surface area contributed by atoms with Crippen LogP contribution in [0.25, 0.3) is 0 Å². The molecular weight excluding hydrogens is 267 g/mol. The van der Waals surface area contributed by atoms with E-state index in [1.54, 1.807) is 6.07 Å². The molecule has 2 rings (SSSR count). The molecule has 0 atom stereocenters. The van der Waals surface area contributed by atoms with Crippen LogP contribution in [0.2, 0.25) is 0 Å². The van der Waals surface area contributed by atoms with Gasteiger partial charge in [0.25, 0.3) is 0 Å². The Morgan fingerprint density at radius 3 is 2.52 bits per heavy atom. The Balaban J connectivity index is 2.30. The summed E-state index contributed by atoms with van der Waals surface area (Å²) in [5, 5.41) is 18.9. The largest absolute Gasteiger partial charge is 0.488 e. The lowest BCUT2D eigenvalue weighted by Gasteiger charge is -2.35. The van der Waals surface area contributed by atoms with Gasteiger partial charge in [0.05, 0.1) is 0 Å². The molecule has 116 valence electrons. The first-order valence-electron chi connectivity index (χ1n) is 7.78. The third kappa shape index (κ3) is 3.99. The lowest BCUT2D eigenvalue weighted by molar-refractivity contribution is 0.0209. The molecule has 0 saturated heterocycles. The van der Waals surface area contributed by atoms with Crippen molar-refractivity contribution in [1.29, 1.82) is 0 Å². The Bertz CT molecular complexity index is 456. The standard InChI is InChI=1S/C16H25BO4/c1-3-20-12-21-15-8-7-13(17(18)19)11-14(15)16(2)9-5-4-6-10-16/h7-8,11,18-19H,3-6,9-10,12H2,1-2H3. The molecule has 0 amide bonds. The van der Waals surface area contributed by atoms with Crippen molar-refractivity contribution in [2.45, 2.75) is 51.4 Å². The van der Waals surface area contributed by atoms with Gasteiger partial charge in [0.2, 0.25) is 0 Å². The molecule has 0 radical (unpaired) electrons. The van der Waals surface area contributed by atoms with Crippen LogP contribution >= 0.6 is 0 Å². The van der Waals surface area contributed by atoms with Gasteiger partial charge in [0, 0.05) is 6.61 Å². The van der Waals surface area contributed by atoms with Gasteiger partial charge in [-0.15, -0.1) is 0 Å². The molecular formula is C16H25BO4. The van der Waals surface area contributed by atoms with Gasteiger partial charge >= 0.3 is 7.12 Å². The average Bonchev–Trinajstić information content (AvgIpc) is 2.48. The van der Waals surface area contributed by atoms with E-state index >= 15 is 0 Å².